The highest BCUT2D eigenvalue weighted by Crippen LogP contribution is 2.33. The van der Waals surface area contributed by atoms with Crippen LogP contribution in [0.3, 0.4) is 0 Å². The zero-order valence-corrected chi connectivity index (χ0v) is 47.2. The Labute approximate surface area is 460 Å². The van der Waals surface area contributed by atoms with Crippen molar-refractivity contribution in [2.24, 2.45) is 5.92 Å². The van der Waals surface area contributed by atoms with E-state index in [1.165, 1.54) is 0 Å². The van der Waals surface area contributed by atoms with Gasteiger partial charge in [-0.1, -0.05) is 167 Å². The van der Waals surface area contributed by atoms with E-state index in [4.69, 9.17) is 28.4 Å². The minimum absolute atomic E-state index is 0.00594. The molecule has 0 bridgehead atoms. The van der Waals surface area contributed by atoms with E-state index >= 15 is 0 Å². The van der Waals surface area contributed by atoms with Gasteiger partial charge in [0, 0.05) is 20.9 Å². The Bertz CT molecular complexity index is 2870. The molecule has 0 saturated carbocycles. The normalized spacial score (nSPS) is 12.5. The number of esters is 2. The van der Waals surface area contributed by atoms with Gasteiger partial charge in [-0.15, -0.1) is 0 Å². The van der Waals surface area contributed by atoms with Gasteiger partial charge in [-0.05, 0) is 108 Å². The molecule has 0 aliphatic heterocycles. The maximum absolute atomic E-state index is 14.7. The lowest BCUT2D eigenvalue weighted by atomic mass is 9.95. The lowest BCUT2D eigenvalue weighted by molar-refractivity contribution is -0.149. The van der Waals surface area contributed by atoms with Crippen LogP contribution >= 0.6 is 0 Å². The van der Waals surface area contributed by atoms with E-state index in [1.807, 2.05) is 166 Å². The quantitative estimate of drug-likeness (QED) is 0.0268. The largest absolute Gasteiger partial charge is 0.489 e. The lowest BCUT2D eigenvalue weighted by Crippen LogP contribution is -2.53. The number of ether oxygens (including phenoxy) is 6. The fraction of sp³-hybridized carbons (Fsp3) is 0.349. The van der Waals surface area contributed by atoms with Crippen LogP contribution in [0.4, 0.5) is 9.59 Å². The topological polar surface area (TPSA) is 177 Å². The number of benzene rings is 6. The van der Waals surface area contributed by atoms with E-state index in [9.17, 15) is 24.0 Å². The summed E-state index contributed by atoms with van der Waals surface area (Å²) in [4.78, 5) is 69.5. The summed E-state index contributed by atoms with van der Waals surface area (Å²) in [6.45, 7) is 16.2. The van der Waals surface area contributed by atoms with Gasteiger partial charge < -0.3 is 44.4 Å². The second-order valence-electron chi connectivity index (χ2n) is 21.8. The van der Waals surface area contributed by atoms with Gasteiger partial charge in [0.05, 0.1) is 6.61 Å². The fourth-order valence-corrected chi connectivity index (χ4v) is 8.85. The summed E-state index contributed by atoms with van der Waals surface area (Å²) in [5, 5.41) is 8.47. The second-order valence-corrected chi connectivity index (χ2v) is 27.4. The average molecular weight is 1080 g/mol. The molecule has 0 aliphatic rings. The van der Waals surface area contributed by atoms with Crippen molar-refractivity contribution in [1.29, 1.82) is 0 Å². The molecule has 0 aromatic heterocycles. The number of nitrogens with one attached hydrogen (secondary N) is 3. The molecule has 3 amide bonds. The third-order valence-electron chi connectivity index (χ3n) is 12.2. The van der Waals surface area contributed by atoms with Crippen molar-refractivity contribution >= 4 is 38.1 Å². The monoisotopic (exact) mass is 1080 g/mol. The molecule has 0 heterocycles. The van der Waals surface area contributed by atoms with Gasteiger partial charge in [0.25, 0.3) is 0 Å². The van der Waals surface area contributed by atoms with Crippen molar-refractivity contribution in [3.8, 4) is 22.6 Å². The van der Waals surface area contributed by atoms with Crippen LogP contribution in [0, 0.1) is 5.92 Å². The molecule has 3 atom stereocenters. The zero-order chi connectivity index (χ0) is 56.1. The highest BCUT2D eigenvalue weighted by molar-refractivity contribution is 6.76. The number of alkyl carbamates (subject to hydrolysis) is 2. The number of rotatable bonds is 26. The molecule has 0 fully saturated rings. The van der Waals surface area contributed by atoms with Crippen molar-refractivity contribution in [2.75, 3.05) is 6.61 Å². The van der Waals surface area contributed by atoms with Crippen LogP contribution in [-0.2, 0) is 72.6 Å². The summed E-state index contributed by atoms with van der Waals surface area (Å²) in [5.74, 6) is -0.960. The van der Waals surface area contributed by atoms with Crippen LogP contribution < -0.4 is 25.4 Å². The molecule has 6 rings (SSSR count). The first kappa shape index (κ1) is 59.3. The maximum Gasteiger partial charge on any atom is 0.408 e. The third-order valence-corrected chi connectivity index (χ3v) is 13.9. The summed E-state index contributed by atoms with van der Waals surface area (Å²) in [6, 6.07) is 46.2. The molecule has 15 heteroatoms. The van der Waals surface area contributed by atoms with Gasteiger partial charge in [0.15, 0.2) is 0 Å². The molecule has 0 aliphatic carbocycles. The van der Waals surface area contributed by atoms with Crippen LogP contribution in [-0.4, -0.2) is 68.4 Å². The predicted octanol–water partition coefficient (Wildman–Crippen LogP) is 11.9. The van der Waals surface area contributed by atoms with Gasteiger partial charge in [-0.2, -0.15) is 0 Å². The molecule has 3 N–H and O–H groups in total. The molecular formula is C63H75N3O11Si. The smallest absolute Gasteiger partial charge is 0.408 e. The van der Waals surface area contributed by atoms with Crippen molar-refractivity contribution in [3.63, 3.8) is 0 Å². The fourth-order valence-electron chi connectivity index (χ4n) is 8.13. The molecule has 78 heavy (non-hydrogen) atoms. The highest BCUT2D eigenvalue weighted by Gasteiger charge is 2.32. The highest BCUT2D eigenvalue weighted by atomic mass is 28.3. The van der Waals surface area contributed by atoms with Gasteiger partial charge >= 0.3 is 24.1 Å². The summed E-state index contributed by atoms with van der Waals surface area (Å²) in [7, 11) is -1.60. The van der Waals surface area contributed by atoms with E-state index in [1.54, 1.807) is 26.8 Å². The third kappa shape index (κ3) is 20.6. The SMILES string of the molecule is CC(C)C[C@H](NC(=O)[C@H](Cc1cc(-c2ccc(OCc3ccccc3)c(C[C@H](NC(=O)OCc3ccccc3)C(=O)OCC[Si](C)(C)C)c2)ccc1OCc1ccccc1)NC(=O)OC(C)(C)C)C(=O)OCc1ccccc1. The van der Waals surface area contributed by atoms with Crippen LogP contribution in [0.5, 0.6) is 11.5 Å². The lowest BCUT2D eigenvalue weighted by Gasteiger charge is -2.26. The summed E-state index contributed by atoms with van der Waals surface area (Å²) in [5.41, 5.74) is 5.03. The first-order valence-electron chi connectivity index (χ1n) is 26.5. The van der Waals surface area contributed by atoms with E-state index in [0.717, 1.165) is 28.3 Å². The number of amides is 3. The zero-order valence-electron chi connectivity index (χ0n) is 46.2. The molecule has 0 saturated heterocycles. The van der Waals surface area contributed by atoms with E-state index < -0.39 is 61.8 Å². The first-order valence-corrected chi connectivity index (χ1v) is 30.2. The number of carbonyl (C=O) groups is 5. The Hall–Kier alpha value is -7.91. The van der Waals surface area contributed by atoms with Crippen LogP contribution in [0.2, 0.25) is 25.7 Å². The molecule has 0 spiro atoms. The molecule has 6 aromatic rings. The minimum Gasteiger partial charge on any atom is -0.489 e. The number of carbonyl (C=O) groups excluding carboxylic acids is 5. The van der Waals surface area contributed by atoms with E-state index in [2.05, 4.69) is 35.6 Å². The molecule has 0 radical (unpaired) electrons. The van der Waals surface area contributed by atoms with E-state index in [-0.39, 0.29) is 58.2 Å². The Kier molecular flexibility index (Phi) is 22.1. The van der Waals surface area contributed by atoms with Crippen LogP contribution in [0.25, 0.3) is 11.1 Å². The Morgan fingerprint density at radius 1 is 0.487 bits per heavy atom. The standard InChI is InChI=1S/C63H75N3O11Si/c1-44(2)35-54(60(69)75-42-47-25-17-11-18-26-47)64-58(67)53(65-62(71)77-63(3,4)5)38-51-36-49(29-31-56(51)73-40-45-21-13-9-14-22-45)50-30-32-57(74-41-46-23-15-10-16-24-46)52(37-50)39-55(59(68)72-33-34-78(6,7)8)66-61(70)76-43-48-27-19-12-20-28-48/h9-32,36-37,44,53-55H,33-35,38-43H2,1-8H3,(H,64,67)(H,65,71)(H,66,70)/t53-,54-,55-/m0/s1. The summed E-state index contributed by atoms with van der Waals surface area (Å²) >= 11 is 0. The summed E-state index contributed by atoms with van der Waals surface area (Å²) < 4.78 is 35.8. The van der Waals surface area contributed by atoms with Gasteiger partial charge in [-0.3, -0.25) is 4.79 Å². The molecular weight excluding hydrogens is 1000 g/mol. The Morgan fingerprint density at radius 2 is 0.910 bits per heavy atom. The van der Waals surface area contributed by atoms with Gasteiger partial charge in [0.2, 0.25) is 5.91 Å². The van der Waals surface area contributed by atoms with Crippen molar-refractivity contribution in [2.45, 2.75) is 130 Å². The van der Waals surface area contributed by atoms with Crippen molar-refractivity contribution < 1.29 is 52.4 Å². The Morgan fingerprint density at radius 3 is 1.36 bits per heavy atom. The maximum atomic E-state index is 14.7. The van der Waals surface area contributed by atoms with Crippen molar-refractivity contribution in [1.82, 2.24) is 16.0 Å². The predicted molar refractivity (Wildman–Crippen MR) is 304 cm³/mol. The molecule has 412 valence electrons. The average Bonchev–Trinajstić information content (AvgIpc) is 3.41. The van der Waals surface area contributed by atoms with Crippen LogP contribution in [0.15, 0.2) is 158 Å². The minimum atomic E-state index is -1.60. The van der Waals surface area contributed by atoms with Gasteiger partial charge in [0.1, 0.15) is 61.7 Å². The summed E-state index contributed by atoms with van der Waals surface area (Å²) in [6.07, 6.45) is -1.47. The van der Waals surface area contributed by atoms with Gasteiger partial charge in [-0.25, -0.2) is 19.2 Å². The molecule has 0 unspecified atom stereocenters. The van der Waals surface area contributed by atoms with E-state index in [0.29, 0.717) is 33.8 Å². The molecule has 14 nitrogen and oxygen atoms in total. The van der Waals surface area contributed by atoms with Crippen molar-refractivity contribution in [3.05, 3.63) is 191 Å². The number of hydrogen-bond donors (Lipinski definition) is 3. The first-order chi connectivity index (χ1) is 37.3. The molecule has 6 aromatic carbocycles. The second kappa shape index (κ2) is 29.0. The Balaban J connectivity index is 1.38. The van der Waals surface area contributed by atoms with Crippen LogP contribution in [0.1, 0.15) is 74.4 Å². The number of hydrogen-bond acceptors (Lipinski definition) is 11.